The number of tetrazole rings is 1. The summed E-state index contributed by atoms with van der Waals surface area (Å²) < 4.78 is 7.24. The molecule has 3 rings (SSSR count). The van der Waals surface area contributed by atoms with Gasteiger partial charge in [-0.05, 0) is 41.1 Å². The quantitative estimate of drug-likeness (QED) is 0.635. The average molecular weight is 334 g/mol. The van der Waals surface area contributed by atoms with Crippen molar-refractivity contribution >= 4 is 23.5 Å². The normalized spacial score (nSPS) is 15.8. The maximum Gasteiger partial charge on any atom is 0.319 e. The fraction of sp³-hybridized carbons (Fsp3) is 0.429. The van der Waals surface area contributed by atoms with Crippen molar-refractivity contribution in [2.24, 2.45) is 7.05 Å². The molecule has 2 aromatic rings. The Morgan fingerprint density at radius 2 is 2.39 bits per heavy atom. The van der Waals surface area contributed by atoms with Gasteiger partial charge in [-0.1, -0.05) is 11.8 Å². The molecule has 0 aliphatic carbocycles. The number of aromatic nitrogens is 4. The summed E-state index contributed by atoms with van der Waals surface area (Å²) >= 11 is 1.49. The molecule has 1 atom stereocenters. The van der Waals surface area contributed by atoms with E-state index in [1.807, 2.05) is 25.1 Å². The number of amides is 2. The third-order valence-electron chi connectivity index (χ3n) is 3.35. The minimum absolute atomic E-state index is 0.196. The second kappa shape index (κ2) is 6.86. The summed E-state index contributed by atoms with van der Waals surface area (Å²) in [6.07, 6.45) is 1.07. The number of aryl methyl sites for hydroxylation is 1. The Morgan fingerprint density at radius 3 is 3.17 bits per heavy atom. The number of hydrogen-bond acceptors (Lipinski definition) is 6. The molecule has 0 bridgehead atoms. The Bertz CT molecular complexity index is 704. The van der Waals surface area contributed by atoms with E-state index >= 15 is 0 Å². The molecule has 0 saturated carbocycles. The van der Waals surface area contributed by atoms with Gasteiger partial charge in [0.25, 0.3) is 0 Å². The highest BCUT2D eigenvalue weighted by Gasteiger charge is 2.19. The van der Waals surface area contributed by atoms with Crippen molar-refractivity contribution in [3.05, 3.63) is 23.8 Å². The maximum atomic E-state index is 11.9. The van der Waals surface area contributed by atoms with Gasteiger partial charge in [-0.3, -0.25) is 0 Å². The fourth-order valence-corrected chi connectivity index (χ4v) is 3.03. The number of fused-ring (bicyclic) bond motifs is 1. The fourth-order valence-electron chi connectivity index (χ4n) is 2.33. The summed E-state index contributed by atoms with van der Waals surface area (Å²) in [6.45, 7) is 2.55. The molecule has 0 saturated heterocycles. The summed E-state index contributed by atoms with van der Waals surface area (Å²) in [5.41, 5.74) is 1.89. The third-order valence-corrected chi connectivity index (χ3v) is 4.37. The standard InChI is InChI=1S/C14H18N6O2S/c1-9-7-10-8-11(3-4-12(10)22-9)16-13(21)15-5-6-23-14-17-18-19-20(14)2/h3-4,8-9H,5-7H2,1-2H3,(H2,15,16,21)/t9-/m1/s1. The first-order valence-electron chi connectivity index (χ1n) is 7.31. The first kappa shape index (κ1) is 15.6. The number of nitrogens with zero attached hydrogens (tertiary/aromatic N) is 4. The molecule has 1 aliphatic rings. The van der Waals surface area contributed by atoms with Gasteiger partial charge in [0.2, 0.25) is 5.16 Å². The Balaban J connectivity index is 1.43. The van der Waals surface area contributed by atoms with E-state index < -0.39 is 0 Å². The van der Waals surface area contributed by atoms with E-state index in [9.17, 15) is 4.79 Å². The summed E-state index contributed by atoms with van der Waals surface area (Å²) in [6, 6.07) is 5.47. The van der Waals surface area contributed by atoms with E-state index in [1.165, 1.54) is 11.8 Å². The van der Waals surface area contributed by atoms with Gasteiger partial charge in [-0.2, -0.15) is 0 Å². The zero-order valence-corrected chi connectivity index (χ0v) is 13.8. The predicted octanol–water partition coefficient (Wildman–Crippen LogP) is 1.45. The molecule has 0 spiro atoms. The van der Waals surface area contributed by atoms with Crippen molar-refractivity contribution in [2.75, 3.05) is 17.6 Å². The molecule has 1 aliphatic heterocycles. The van der Waals surface area contributed by atoms with Crippen LogP contribution >= 0.6 is 11.8 Å². The smallest absolute Gasteiger partial charge is 0.319 e. The SMILES string of the molecule is C[C@@H]1Cc2cc(NC(=O)NCCSc3nnnn3C)ccc2O1. The highest BCUT2D eigenvalue weighted by atomic mass is 32.2. The molecule has 9 heteroatoms. The molecule has 8 nitrogen and oxygen atoms in total. The molecule has 0 radical (unpaired) electrons. The summed E-state index contributed by atoms with van der Waals surface area (Å²) in [4.78, 5) is 11.9. The lowest BCUT2D eigenvalue weighted by molar-refractivity contribution is 0.252. The van der Waals surface area contributed by atoms with Crippen molar-refractivity contribution in [2.45, 2.75) is 24.6 Å². The molecule has 23 heavy (non-hydrogen) atoms. The topological polar surface area (TPSA) is 94.0 Å². The van der Waals surface area contributed by atoms with Crippen molar-refractivity contribution in [1.29, 1.82) is 0 Å². The highest BCUT2D eigenvalue weighted by Crippen LogP contribution is 2.30. The van der Waals surface area contributed by atoms with Crippen molar-refractivity contribution in [3.63, 3.8) is 0 Å². The Labute approximate surface area is 138 Å². The summed E-state index contributed by atoms with van der Waals surface area (Å²) in [7, 11) is 1.78. The molecule has 0 fully saturated rings. The van der Waals surface area contributed by atoms with E-state index in [0.717, 1.165) is 28.6 Å². The van der Waals surface area contributed by atoms with E-state index in [-0.39, 0.29) is 12.1 Å². The Hall–Kier alpha value is -2.29. The zero-order chi connectivity index (χ0) is 16.2. The minimum atomic E-state index is -0.228. The molecule has 0 unspecified atom stereocenters. The minimum Gasteiger partial charge on any atom is -0.490 e. The number of urea groups is 1. The number of carbonyl (C=O) groups is 1. The molecule has 2 N–H and O–H groups in total. The number of nitrogens with one attached hydrogen (secondary N) is 2. The van der Waals surface area contributed by atoms with E-state index in [1.54, 1.807) is 11.7 Å². The monoisotopic (exact) mass is 334 g/mol. The predicted molar refractivity (Wildman–Crippen MR) is 86.8 cm³/mol. The Morgan fingerprint density at radius 1 is 1.52 bits per heavy atom. The molecular formula is C14H18N6O2S. The number of ether oxygens (including phenoxy) is 1. The lowest BCUT2D eigenvalue weighted by Crippen LogP contribution is -2.30. The molecule has 1 aromatic carbocycles. The number of thioether (sulfide) groups is 1. The second-order valence-corrected chi connectivity index (χ2v) is 6.33. The van der Waals surface area contributed by atoms with Crippen molar-refractivity contribution in [1.82, 2.24) is 25.5 Å². The third kappa shape index (κ3) is 3.92. The van der Waals surface area contributed by atoms with E-state index in [0.29, 0.717) is 12.3 Å². The van der Waals surface area contributed by atoms with Crippen LogP contribution in [0.5, 0.6) is 5.75 Å². The van der Waals surface area contributed by atoms with Gasteiger partial charge in [0.15, 0.2) is 0 Å². The first-order valence-corrected chi connectivity index (χ1v) is 8.30. The van der Waals surface area contributed by atoms with Crippen molar-refractivity contribution < 1.29 is 9.53 Å². The van der Waals surface area contributed by atoms with Gasteiger partial charge in [0.05, 0.1) is 0 Å². The zero-order valence-electron chi connectivity index (χ0n) is 12.9. The van der Waals surface area contributed by atoms with Gasteiger partial charge >= 0.3 is 6.03 Å². The number of hydrogen-bond donors (Lipinski definition) is 2. The first-order chi connectivity index (χ1) is 11.1. The van der Waals surface area contributed by atoms with Crippen LogP contribution in [0.25, 0.3) is 0 Å². The van der Waals surface area contributed by atoms with Gasteiger partial charge in [0.1, 0.15) is 11.9 Å². The van der Waals surface area contributed by atoms with Gasteiger partial charge < -0.3 is 15.4 Å². The lowest BCUT2D eigenvalue weighted by Gasteiger charge is -2.08. The van der Waals surface area contributed by atoms with Crippen LogP contribution in [-0.4, -0.2) is 44.6 Å². The van der Waals surface area contributed by atoms with E-state index in [4.69, 9.17) is 4.74 Å². The number of anilines is 1. The lowest BCUT2D eigenvalue weighted by atomic mass is 10.1. The number of rotatable bonds is 5. The summed E-state index contributed by atoms with van der Waals surface area (Å²) in [5.74, 6) is 1.59. The van der Waals surface area contributed by atoms with Crippen LogP contribution in [0.2, 0.25) is 0 Å². The van der Waals surface area contributed by atoms with Crippen LogP contribution in [0, 0.1) is 0 Å². The van der Waals surface area contributed by atoms with Crippen LogP contribution in [0.4, 0.5) is 10.5 Å². The maximum absolute atomic E-state index is 11.9. The molecular weight excluding hydrogens is 316 g/mol. The molecule has 122 valence electrons. The number of benzene rings is 1. The second-order valence-electron chi connectivity index (χ2n) is 5.27. The largest absolute Gasteiger partial charge is 0.490 e. The van der Waals surface area contributed by atoms with Crippen molar-refractivity contribution in [3.8, 4) is 5.75 Å². The number of carbonyl (C=O) groups excluding carboxylic acids is 1. The molecule has 2 amide bonds. The van der Waals surface area contributed by atoms with Crippen LogP contribution in [0.3, 0.4) is 0 Å². The van der Waals surface area contributed by atoms with Gasteiger partial charge in [-0.15, -0.1) is 5.10 Å². The van der Waals surface area contributed by atoms with Gasteiger partial charge in [-0.25, -0.2) is 9.48 Å². The molecule has 1 aromatic heterocycles. The van der Waals surface area contributed by atoms with Crippen LogP contribution < -0.4 is 15.4 Å². The van der Waals surface area contributed by atoms with E-state index in [2.05, 4.69) is 26.2 Å². The van der Waals surface area contributed by atoms with Crippen LogP contribution in [0.15, 0.2) is 23.4 Å². The summed E-state index contributed by atoms with van der Waals surface area (Å²) in [5, 5.41) is 17.5. The Kier molecular flexibility index (Phi) is 4.65. The van der Waals surface area contributed by atoms with Gasteiger partial charge in [0, 0.05) is 31.5 Å². The highest BCUT2D eigenvalue weighted by molar-refractivity contribution is 7.99. The molecule has 2 heterocycles. The average Bonchev–Trinajstić information content (AvgIpc) is 3.08. The van der Waals surface area contributed by atoms with Crippen LogP contribution in [-0.2, 0) is 13.5 Å². The van der Waals surface area contributed by atoms with Crippen LogP contribution in [0.1, 0.15) is 12.5 Å².